The minimum absolute atomic E-state index is 0.200. The lowest BCUT2D eigenvalue weighted by atomic mass is 9.87. The van der Waals surface area contributed by atoms with Gasteiger partial charge in [-0.3, -0.25) is 29.8 Å². The molecule has 53 heavy (non-hydrogen) atoms. The first-order valence-corrected chi connectivity index (χ1v) is 20.8. The van der Waals surface area contributed by atoms with Crippen LogP contribution in [-0.2, 0) is 20.7 Å². The largest absolute Gasteiger partial charge is 0.494 e. The number of rotatable bonds is 10. The van der Waals surface area contributed by atoms with Gasteiger partial charge in [0.2, 0.25) is 17.8 Å². The van der Waals surface area contributed by atoms with Gasteiger partial charge in [0.05, 0.1) is 39.7 Å². The molecule has 2 aliphatic heterocycles. The summed E-state index contributed by atoms with van der Waals surface area (Å²) in [5.41, 5.74) is 6.90. The quantitative estimate of drug-likeness (QED) is 0.111. The Morgan fingerprint density at radius 3 is 2.51 bits per heavy atom. The highest BCUT2D eigenvalue weighted by Crippen LogP contribution is 2.42. The van der Waals surface area contributed by atoms with Crippen LogP contribution in [0.4, 0.5) is 28.8 Å². The average molecular weight is 799 g/mol. The van der Waals surface area contributed by atoms with Crippen molar-refractivity contribution in [1.82, 2.24) is 30.2 Å². The molecule has 2 amide bonds. The molecule has 3 N–H and O–H groups in total. The van der Waals surface area contributed by atoms with E-state index in [0.29, 0.717) is 56.9 Å². The van der Waals surface area contributed by atoms with Crippen molar-refractivity contribution in [2.75, 3.05) is 62.2 Å². The molecule has 2 saturated heterocycles. The van der Waals surface area contributed by atoms with Gasteiger partial charge in [0.25, 0.3) is 0 Å². The lowest BCUT2D eigenvalue weighted by Crippen LogP contribution is -2.46. The summed E-state index contributed by atoms with van der Waals surface area (Å²) < 4.78 is 19.9. The maximum absolute atomic E-state index is 13.4. The van der Waals surface area contributed by atoms with Gasteiger partial charge in [-0.1, -0.05) is 24.3 Å². The summed E-state index contributed by atoms with van der Waals surface area (Å²) >= 11 is 3.57. The molecule has 3 aromatic carbocycles. The van der Waals surface area contributed by atoms with Gasteiger partial charge in [-0.15, -0.1) is 0 Å². The molecule has 13 nitrogen and oxygen atoms in total. The number of piperidine rings is 1. The maximum Gasteiger partial charge on any atom is 0.234 e. The van der Waals surface area contributed by atoms with Crippen LogP contribution in [0.25, 0.3) is 11.0 Å². The molecular weight excluding hydrogens is 757 g/mol. The third-order valence-corrected chi connectivity index (χ3v) is 11.8. The minimum Gasteiger partial charge on any atom is -0.494 e. The molecule has 15 heteroatoms. The summed E-state index contributed by atoms with van der Waals surface area (Å²) in [5.74, 6) is 0.787. The van der Waals surface area contributed by atoms with Gasteiger partial charge in [0.15, 0.2) is 0 Å². The maximum atomic E-state index is 13.4. The molecule has 2 fully saturated rings. The number of carbonyl (C=O) groups is 2. The van der Waals surface area contributed by atoms with Crippen LogP contribution in [0.1, 0.15) is 35.4 Å². The Morgan fingerprint density at radius 1 is 0.981 bits per heavy atom. The molecule has 7 rings (SSSR count). The van der Waals surface area contributed by atoms with Crippen molar-refractivity contribution in [1.29, 1.82) is 0 Å². The summed E-state index contributed by atoms with van der Waals surface area (Å²) in [5, 5.41) is 9.79. The van der Waals surface area contributed by atoms with Crippen LogP contribution in [0.2, 0.25) is 0 Å². The molecule has 2 aliphatic rings. The zero-order valence-corrected chi connectivity index (χ0v) is 32.5. The fraction of sp³-hybridized carbons (Fsp3) is 0.316. The molecular formula is C38H41BrN9O4P. The Hall–Kier alpha value is -4.91. The molecule has 1 unspecified atom stereocenters. The number of imide groups is 1. The van der Waals surface area contributed by atoms with Crippen molar-refractivity contribution in [2.45, 2.75) is 32.2 Å². The minimum atomic E-state index is -2.77. The molecule has 5 aromatic rings. The van der Waals surface area contributed by atoms with Crippen LogP contribution in [0.5, 0.6) is 5.75 Å². The Balaban J connectivity index is 1.05. The molecule has 0 aliphatic carbocycles. The van der Waals surface area contributed by atoms with Crippen molar-refractivity contribution in [2.24, 2.45) is 0 Å². The normalized spacial score (nSPS) is 16.8. The number of aryl methyl sites for hydroxylation is 1. The van der Waals surface area contributed by atoms with Crippen molar-refractivity contribution >= 4 is 80.1 Å². The van der Waals surface area contributed by atoms with Gasteiger partial charge in [0, 0.05) is 69.5 Å². The summed E-state index contributed by atoms with van der Waals surface area (Å²) in [6.07, 6.45) is 5.78. The Morgan fingerprint density at radius 2 is 1.75 bits per heavy atom. The third-order valence-electron chi connectivity index (χ3n) is 9.69. The van der Waals surface area contributed by atoms with Crippen molar-refractivity contribution in [3.63, 3.8) is 0 Å². The number of halogens is 1. The number of piperazine rings is 1. The standard InChI is InChI=1S/C38H41BrN9O4P/c1-23-19-30(44-38-42-21-27(39)36(46-38)43-29-11-10-28-34(41-14-13-40-28)35(29)53(3,4)51)32(52-2)20-31(23)48-17-15-47(16-18-48)22-24-7-5-6-8-25(24)26-9-12-33(49)45-37(26)50/h5-8,10-11,13-14,19-21,26H,9,12,15-18,22H2,1-4H3,(H,45,49,50)(H2,42,43,44,46). The van der Waals surface area contributed by atoms with E-state index in [1.54, 1.807) is 39.0 Å². The van der Waals surface area contributed by atoms with E-state index in [1.165, 1.54) is 0 Å². The van der Waals surface area contributed by atoms with E-state index >= 15 is 0 Å². The van der Waals surface area contributed by atoms with Crippen LogP contribution in [0.15, 0.2) is 71.6 Å². The molecule has 274 valence electrons. The third kappa shape index (κ3) is 7.90. The monoisotopic (exact) mass is 797 g/mol. The molecule has 4 heterocycles. The lowest BCUT2D eigenvalue weighted by molar-refractivity contribution is -0.134. The van der Waals surface area contributed by atoms with Gasteiger partial charge >= 0.3 is 0 Å². The number of amides is 2. The molecule has 1 atom stereocenters. The van der Waals surface area contributed by atoms with E-state index < -0.39 is 7.14 Å². The first-order chi connectivity index (χ1) is 25.5. The van der Waals surface area contributed by atoms with Gasteiger partial charge in [-0.25, -0.2) is 4.98 Å². The number of anilines is 5. The second-order valence-electron chi connectivity index (χ2n) is 13.7. The fourth-order valence-electron chi connectivity index (χ4n) is 7.11. The smallest absolute Gasteiger partial charge is 0.234 e. The average Bonchev–Trinajstić information content (AvgIpc) is 3.13. The van der Waals surface area contributed by atoms with E-state index in [2.05, 4.69) is 69.6 Å². The summed E-state index contributed by atoms with van der Waals surface area (Å²) in [7, 11) is -1.13. The first-order valence-electron chi connectivity index (χ1n) is 17.4. The topological polar surface area (TPSA) is 155 Å². The van der Waals surface area contributed by atoms with E-state index in [1.807, 2.05) is 42.5 Å². The van der Waals surface area contributed by atoms with Crippen LogP contribution in [0.3, 0.4) is 0 Å². The molecule has 0 saturated carbocycles. The number of carbonyl (C=O) groups excluding carboxylic acids is 2. The summed E-state index contributed by atoms with van der Waals surface area (Å²) in [4.78, 5) is 47.3. The number of methoxy groups -OCH3 is 1. The Labute approximate surface area is 316 Å². The Bertz CT molecular complexity index is 2260. The van der Waals surface area contributed by atoms with E-state index in [-0.39, 0.29) is 17.7 Å². The van der Waals surface area contributed by atoms with Crippen molar-refractivity contribution < 1.29 is 18.9 Å². The highest BCUT2D eigenvalue weighted by Gasteiger charge is 2.30. The summed E-state index contributed by atoms with van der Waals surface area (Å²) in [6.45, 7) is 9.61. The fourth-order valence-corrected chi connectivity index (χ4v) is 8.79. The van der Waals surface area contributed by atoms with Crippen LogP contribution in [-0.4, -0.2) is 83.3 Å². The number of hydrogen-bond acceptors (Lipinski definition) is 12. The summed E-state index contributed by atoms with van der Waals surface area (Å²) in [6, 6.07) is 15.9. The molecule has 0 radical (unpaired) electrons. The number of ether oxygens (including phenoxy) is 1. The second kappa shape index (κ2) is 15.2. The van der Waals surface area contributed by atoms with Gasteiger partial charge < -0.3 is 24.8 Å². The van der Waals surface area contributed by atoms with E-state index in [0.717, 1.165) is 60.8 Å². The van der Waals surface area contributed by atoms with Gasteiger partial charge in [-0.05, 0) is 77.5 Å². The van der Waals surface area contributed by atoms with Crippen LogP contribution >= 0.6 is 23.1 Å². The van der Waals surface area contributed by atoms with E-state index in [9.17, 15) is 14.2 Å². The Kier molecular flexibility index (Phi) is 10.5. The zero-order valence-electron chi connectivity index (χ0n) is 30.0. The number of nitrogens with one attached hydrogen (secondary N) is 3. The number of aromatic nitrogens is 4. The number of benzene rings is 3. The predicted octanol–water partition coefficient (Wildman–Crippen LogP) is 6.08. The van der Waals surface area contributed by atoms with Crippen LogP contribution in [0, 0.1) is 6.92 Å². The predicted molar refractivity (Wildman–Crippen MR) is 212 cm³/mol. The lowest BCUT2D eigenvalue weighted by Gasteiger charge is -2.37. The molecule has 0 bridgehead atoms. The highest BCUT2D eigenvalue weighted by molar-refractivity contribution is 9.10. The molecule has 0 spiro atoms. The van der Waals surface area contributed by atoms with Crippen molar-refractivity contribution in [3.05, 3.63) is 88.3 Å². The molecule has 2 aromatic heterocycles. The first kappa shape index (κ1) is 36.4. The van der Waals surface area contributed by atoms with Crippen LogP contribution < -0.4 is 30.9 Å². The van der Waals surface area contributed by atoms with Crippen molar-refractivity contribution in [3.8, 4) is 5.75 Å². The highest BCUT2D eigenvalue weighted by atomic mass is 79.9. The zero-order chi connectivity index (χ0) is 37.3. The number of hydrogen-bond donors (Lipinski definition) is 3. The van der Waals surface area contributed by atoms with Gasteiger partial charge in [-0.2, -0.15) is 4.98 Å². The second-order valence-corrected chi connectivity index (χ2v) is 17.7. The van der Waals surface area contributed by atoms with E-state index in [4.69, 9.17) is 9.72 Å². The number of nitrogens with zero attached hydrogens (tertiary/aromatic N) is 6. The number of fused-ring (bicyclic) bond motifs is 1. The SMILES string of the molecule is COc1cc(N2CCN(Cc3ccccc3C3CCC(=O)NC3=O)CC2)c(C)cc1Nc1ncc(Br)c(Nc2ccc3nccnc3c2P(C)(C)=O)n1. The van der Waals surface area contributed by atoms with Gasteiger partial charge in [0.1, 0.15) is 24.2 Å².